The van der Waals surface area contributed by atoms with E-state index in [1.54, 1.807) is 0 Å². The summed E-state index contributed by atoms with van der Waals surface area (Å²) >= 11 is 0. The third-order valence-corrected chi connectivity index (χ3v) is 12.6. The molecule has 0 fully saturated rings. The van der Waals surface area contributed by atoms with Gasteiger partial charge in [-0.2, -0.15) is 0 Å². The minimum absolute atomic E-state index is 0.211. The Kier molecular flexibility index (Phi) is 6.46. The van der Waals surface area contributed by atoms with Gasteiger partial charge < -0.3 is 4.42 Å². The van der Waals surface area contributed by atoms with E-state index < -0.39 is 0 Å². The summed E-state index contributed by atoms with van der Waals surface area (Å²) in [7, 11) is 0. The Morgan fingerprint density at radius 2 is 0.911 bits per heavy atom. The highest BCUT2D eigenvalue weighted by atomic mass is 16.3. The predicted molar refractivity (Wildman–Crippen MR) is 238 cm³/mol. The average Bonchev–Trinajstić information content (AvgIpc) is 3.75. The van der Waals surface area contributed by atoms with Gasteiger partial charge in [0.25, 0.3) is 0 Å². The zero-order valence-corrected chi connectivity index (χ0v) is 31.2. The number of rotatable bonds is 3. The summed E-state index contributed by atoms with van der Waals surface area (Å²) in [5, 5.41) is 12.6. The molecule has 56 heavy (non-hydrogen) atoms. The molecule has 0 radical (unpaired) electrons. The van der Waals surface area contributed by atoms with E-state index in [0.29, 0.717) is 0 Å². The Bertz CT molecular complexity index is 3370. The molecule has 11 aromatic rings. The van der Waals surface area contributed by atoms with Crippen LogP contribution in [0.4, 0.5) is 0 Å². The van der Waals surface area contributed by atoms with Gasteiger partial charge >= 0.3 is 0 Å². The molecule has 0 spiro atoms. The smallest absolute Gasteiger partial charge is 0.144 e. The minimum atomic E-state index is -0.211. The Morgan fingerprint density at radius 3 is 1.62 bits per heavy atom. The van der Waals surface area contributed by atoms with Crippen LogP contribution in [0.1, 0.15) is 25.0 Å². The molecule has 0 unspecified atom stereocenters. The van der Waals surface area contributed by atoms with Gasteiger partial charge in [-0.25, -0.2) is 0 Å². The van der Waals surface area contributed by atoms with Gasteiger partial charge in [-0.05, 0) is 105 Å². The lowest BCUT2D eigenvalue weighted by Crippen LogP contribution is -2.15. The molecule has 0 saturated carbocycles. The molecule has 1 heterocycles. The molecule has 0 saturated heterocycles. The summed E-state index contributed by atoms with van der Waals surface area (Å²) in [5.41, 5.74) is 14.4. The van der Waals surface area contributed by atoms with Crippen LogP contribution >= 0.6 is 0 Å². The van der Waals surface area contributed by atoms with Crippen LogP contribution in [0.2, 0.25) is 0 Å². The van der Waals surface area contributed by atoms with Gasteiger partial charge in [0.05, 0.1) is 0 Å². The second-order valence-electron chi connectivity index (χ2n) is 15.9. The maximum absolute atomic E-state index is 6.74. The van der Waals surface area contributed by atoms with Crippen LogP contribution < -0.4 is 0 Å². The quantitative estimate of drug-likeness (QED) is 0.166. The van der Waals surface area contributed by atoms with Gasteiger partial charge in [0.2, 0.25) is 0 Å². The summed E-state index contributed by atoms with van der Waals surface area (Å²) in [6, 6.07) is 66.9. The van der Waals surface area contributed by atoms with Gasteiger partial charge in [0, 0.05) is 21.8 Å². The summed E-state index contributed by atoms with van der Waals surface area (Å²) in [6.07, 6.45) is 0. The second-order valence-corrected chi connectivity index (χ2v) is 15.9. The van der Waals surface area contributed by atoms with E-state index in [4.69, 9.17) is 4.42 Å². The Labute approximate surface area is 325 Å². The third-order valence-electron chi connectivity index (χ3n) is 12.6. The third kappa shape index (κ3) is 4.26. The Morgan fingerprint density at radius 1 is 0.375 bits per heavy atom. The number of furan rings is 1. The Balaban J connectivity index is 1.02. The maximum atomic E-state index is 6.74. The van der Waals surface area contributed by atoms with E-state index in [1.165, 1.54) is 109 Å². The summed E-state index contributed by atoms with van der Waals surface area (Å²) in [5.74, 6) is 0. The molecule has 1 aliphatic rings. The number of fused-ring (bicyclic) bond motifs is 13. The molecule has 12 rings (SSSR count). The summed E-state index contributed by atoms with van der Waals surface area (Å²) < 4.78 is 6.74. The molecule has 0 bridgehead atoms. The molecule has 1 heteroatoms. The van der Waals surface area contributed by atoms with Gasteiger partial charge in [-0.1, -0.05) is 184 Å². The number of hydrogen-bond donors (Lipinski definition) is 0. The highest BCUT2D eigenvalue weighted by molar-refractivity contribution is 6.26. The highest BCUT2D eigenvalue weighted by Gasteiger charge is 2.40. The van der Waals surface area contributed by atoms with Crippen molar-refractivity contribution < 1.29 is 4.42 Å². The van der Waals surface area contributed by atoms with E-state index in [0.717, 1.165) is 11.2 Å². The van der Waals surface area contributed by atoms with Crippen molar-refractivity contribution in [1.82, 2.24) is 0 Å². The van der Waals surface area contributed by atoms with Crippen LogP contribution in [0.3, 0.4) is 0 Å². The number of para-hydroxylation sites is 1. The zero-order valence-electron chi connectivity index (χ0n) is 31.2. The molecule has 1 aromatic heterocycles. The molecule has 10 aromatic carbocycles. The van der Waals surface area contributed by atoms with Crippen LogP contribution in [-0.2, 0) is 5.41 Å². The monoisotopic (exact) mass is 712 g/mol. The van der Waals surface area contributed by atoms with Crippen LogP contribution in [0, 0.1) is 0 Å². The van der Waals surface area contributed by atoms with E-state index in [-0.39, 0.29) is 5.41 Å². The van der Waals surface area contributed by atoms with E-state index in [1.807, 2.05) is 0 Å². The summed E-state index contributed by atoms with van der Waals surface area (Å²) in [6.45, 7) is 4.76. The van der Waals surface area contributed by atoms with Gasteiger partial charge in [-0.3, -0.25) is 0 Å². The van der Waals surface area contributed by atoms with Crippen LogP contribution in [0.15, 0.2) is 186 Å². The van der Waals surface area contributed by atoms with Crippen molar-refractivity contribution in [2.75, 3.05) is 0 Å². The van der Waals surface area contributed by atoms with E-state index in [2.05, 4.69) is 196 Å². The normalized spacial score (nSPS) is 13.3. The van der Waals surface area contributed by atoms with Crippen molar-refractivity contribution in [3.8, 4) is 44.5 Å². The van der Waals surface area contributed by atoms with Crippen LogP contribution in [0.5, 0.6) is 0 Å². The maximum Gasteiger partial charge on any atom is 0.144 e. The first kappa shape index (κ1) is 31.4. The Hall–Kier alpha value is -6.96. The van der Waals surface area contributed by atoms with E-state index in [9.17, 15) is 0 Å². The van der Waals surface area contributed by atoms with Crippen molar-refractivity contribution in [2.24, 2.45) is 0 Å². The lowest BCUT2D eigenvalue weighted by Gasteiger charge is -2.24. The molecule has 1 nitrogen and oxygen atoms in total. The lowest BCUT2D eigenvalue weighted by molar-refractivity contribution is 0.658. The SMILES string of the molecule is CC1(C)c2cc(-c3ccc(-c4c5ccccc5c(-c5cccc6ccccc56)c5ccccc45)cc3)ccc2-c2c1c1ccccc1c1c2oc2ccccc21. The minimum Gasteiger partial charge on any atom is -0.455 e. The zero-order chi connectivity index (χ0) is 37.1. The first-order chi connectivity index (χ1) is 27.6. The standard InChI is InChI=1S/C55H36O/c1-55(2)47-32-36(30-31-45(47)52-53(55)44-22-10-9-21-43(44)51-46-23-11-12-25-48(46)56-54(51)52)33-26-28-35(29-27-33)49-39-17-5-7-19-41(39)50(42-20-8-6-18-40(42)49)38-24-13-15-34-14-3-4-16-37(34)38/h3-32H,1-2H3. The molecule has 262 valence electrons. The number of benzene rings is 10. The van der Waals surface area contributed by atoms with Crippen molar-refractivity contribution >= 4 is 65.0 Å². The first-order valence-corrected chi connectivity index (χ1v) is 19.6. The average molecular weight is 713 g/mol. The topological polar surface area (TPSA) is 13.1 Å². The van der Waals surface area contributed by atoms with Gasteiger partial charge in [0.15, 0.2) is 0 Å². The second kappa shape index (κ2) is 11.5. The fourth-order valence-electron chi connectivity index (χ4n) is 10.2. The molecular formula is C55H36O. The van der Waals surface area contributed by atoms with Gasteiger partial charge in [0.1, 0.15) is 11.2 Å². The molecular weight excluding hydrogens is 677 g/mol. The molecule has 0 amide bonds. The fraction of sp³-hybridized carbons (Fsp3) is 0.0545. The van der Waals surface area contributed by atoms with Crippen molar-refractivity contribution in [3.05, 3.63) is 193 Å². The van der Waals surface area contributed by atoms with Crippen molar-refractivity contribution in [3.63, 3.8) is 0 Å². The first-order valence-electron chi connectivity index (χ1n) is 19.6. The largest absolute Gasteiger partial charge is 0.455 e. The predicted octanol–water partition coefficient (Wildman–Crippen LogP) is 15.5. The molecule has 1 aliphatic carbocycles. The fourth-order valence-corrected chi connectivity index (χ4v) is 10.2. The van der Waals surface area contributed by atoms with Crippen LogP contribution in [0.25, 0.3) is 110 Å². The molecule has 0 atom stereocenters. The molecule has 0 N–H and O–H groups in total. The van der Waals surface area contributed by atoms with E-state index >= 15 is 0 Å². The molecule has 0 aliphatic heterocycles. The van der Waals surface area contributed by atoms with Crippen molar-refractivity contribution in [2.45, 2.75) is 19.3 Å². The highest BCUT2D eigenvalue weighted by Crippen LogP contribution is 2.56. The summed E-state index contributed by atoms with van der Waals surface area (Å²) in [4.78, 5) is 0. The number of hydrogen-bond acceptors (Lipinski definition) is 1. The van der Waals surface area contributed by atoms with Gasteiger partial charge in [-0.15, -0.1) is 0 Å². The lowest BCUT2D eigenvalue weighted by atomic mass is 9.79. The van der Waals surface area contributed by atoms with Crippen LogP contribution in [-0.4, -0.2) is 0 Å². The van der Waals surface area contributed by atoms with Crippen molar-refractivity contribution in [1.29, 1.82) is 0 Å².